The van der Waals surface area contributed by atoms with Crippen LogP contribution in [0, 0.1) is 0 Å². The second-order valence-electron chi connectivity index (χ2n) is 15.9. The van der Waals surface area contributed by atoms with Crippen molar-refractivity contribution in [3.05, 3.63) is 177 Å². The first-order valence-electron chi connectivity index (χ1n) is 19.9. The second-order valence-corrected chi connectivity index (χ2v) is 16.4. The number of carbonyl (C=O) groups excluding carboxylic acids is 1. The Bertz CT molecular complexity index is 2550. The SMILES string of the molecule is FC(F)(F)c1cc([B-](c2cc(C(F)(F)F)cc(C(F)(F)F)c2)(c2cc(C(F)(F)F)cc(C(F)(F)F)c2)c2cc(C(F)(F)F)cc(C(F)(F)F)c2)cc(C(F)(F)F)c1.O=C(CBr)c1cncc[n+]1Cc1ccccc1. The van der Waals surface area contributed by atoms with Crippen molar-refractivity contribution in [2.75, 3.05) is 5.33 Å². The van der Waals surface area contributed by atoms with Crippen molar-refractivity contribution in [3.63, 3.8) is 0 Å². The van der Waals surface area contributed by atoms with E-state index in [0.29, 0.717) is 17.6 Å². The highest BCUT2D eigenvalue weighted by Gasteiger charge is 2.47. The van der Waals surface area contributed by atoms with Gasteiger partial charge in [-0.1, -0.05) is 94.8 Å². The quantitative estimate of drug-likeness (QED) is 0.0500. The van der Waals surface area contributed by atoms with Crippen LogP contribution in [0.5, 0.6) is 0 Å². The van der Waals surface area contributed by atoms with E-state index in [0.717, 1.165) is 5.56 Å². The molecule has 29 heteroatoms. The van der Waals surface area contributed by atoms with Gasteiger partial charge in [-0.05, 0) is 24.3 Å². The number of alkyl halides is 25. The van der Waals surface area contributed by atoms with Crippen molar-refractivity contribution in [2.45, 2.75) is 56.0 Å². The number of ketones is 1. The maximum Gasteiger partial charge on any atom is 0.416 e. The molecule has 0 fully saturated rings. The maximum absolute atomic E-state index is 14.2. The van der Waals surface area contributed by atoms with E-state index in [4.69, 9.17) is 0 Å². The number of benzene rings is 5. The summed E-state index contributed by atoms with van der Waals surface area (Å²) in [5, 5.41) is 0.313. The van der Waals surface area contributed by atoms with Crippen LogP contribution in [-0.4, -0.2) is 22.2 Å². The molecule has 1 aromatic heterocycles. The summed E-state index contributed by atoms with van der Waals surface area (Å²) in [6, 6.07) is 1.22. The summed E-state index contributed by atoms with van der Waals surface area (Å²) in [6.45, 7) is 0.678. The lowest BCUT2D eigenvalue weighted by atomic mass is 9.12. The molecule has 0 saturated heterocycles. The Morgan fingerprint density at radius 1 is 0.419 bits per heavy atom. The number of aromatic nitrogens is 2. The third kappa shape index (κ3) is 13.5. The predicted octanol–water partition coefficient (Wildman–Crippen LogP) is 13.2. The van der Waals surface area contributed by atoms with Gasteiger partial charge < -0.3 is 0 Å². The van der Waals surface area contributed by atoms with E-state index in [1.165, 1.54) is 0 Å². The molecule has 0 unspecified atom stereocenters. The highest BCUT2D eigenvalue weighted by atomic mass is 79.9. The average molecular weight is 1160 g/mol. The van der Waals surface area contributed by atoms with Crippen LogP contribution in [0.1, 0.15) is 60.6 Å². The van der Waals surface area contributed by atoms with Crippen molar-refractivity contribution in [1.82, 2.24) is 4.98 Å². The number of rotatable bonds is 8. The molecule has 0 bridgehead atoms. The summed E-state index contributed by atoms with van der Waals surface area (Å²) in [4.78, 5) is 15.7. The topological polar surface area (TPSA) is 33.8 Å². The lowest BCUT2D eigenvalue weighted by Gasteiger charge is -2.46. The third-order valence-electron chi connectivity index (χ3n) is 10.9. The van der Waals surface area contributed by atoms with Gasteiger partial charge >= 0.3 is 49.4 Å². The minimum Gasteiger partial charge on any atom is -0.286 e. The zero-order chi connectivity index (χ0) is 56.0. The third-order valence-corrected chi connectivity index (χ3v) is 11.4. The Morgan fingerprint density at radius 2 is 0.676 bits per heavy atom. The van der Waals surface area contributed by atoms with Crippen LogP contribution in [0.2, 0.25) is 0 Å². The van der Waals surface area contributed by atoms with Gasteiger partial charge in [-0.2, -0.15) is 132 Å². The molecule has 1 heterocycles. The van der Waals surface area contributed by atoms with Crippen LogP contribution in [0.15, 0.2) is 122 Å². The van der Waals surface area contributed by atoms with Crippen molar-refractivity contribution < 1.29 is 115 Å². The zero-order valence-electron chi connectivity index (χ0n) is 35.8. The molecule has 6 aromatic rings. The zero-order valence-corrected chi connectivity index (χ0v) is 37.4. The van der Waals surface area contributed by atoms with Gasteiger partial charge in [0, 0.05) is 5.56 Å². The van der Waals surface area contributed by atoms with Crippen LogP contribution in [0.25, 0.3) is 0 Å². The highest BCUT2D eigenvalue weighted by Crippen LogP contribution is 2.41. The smallest absolute Gasteiger partial charge is 0.286 e. The molecule has 0 aliphatic rings. The first-order valence-corrected chi connectivity index (χ1v) is 21.0. The van der Waals surface area contributed by atoms with Gasteiger partial charge in [-0.3, -0.25) is 9.78 Å². The minimum atomic E-state index is -6.13. The number of carbonyl (C=O) groups is 1. The van der Waals surface area contributed by atoms with Crippen LogP contribution in [0.4, 0.5) is 105 Å². The van der Waals surface area contributed by atoms with E-state index in [2.05, 4.69) is 20.9 Å². The van der Waals surface area contributed by atoms with Gasteiger partial charge in [-0.25, -0.2) is 0 Å². The summed E-state index contributed by atoms with van der Waals surface area (Å²) in [5.41, 5.74) is -28.4. The second kappa shape index (κ2) is 20.4. The van der Waals surface area contributed by atoms with Gasteiger partial charge in [0.05, 0.1) is 56.0 Å². The van der Waals surface area contributed by atoms with Crippen LogP contribution in [-0.2, 0) is 56.0 Å². The molecule has 3 nitrogen and oxygen atoms in total. The molecular weight excluding hydrogens is 1130 g/mol. The Kier molecular flexibility index (Phi) is 16.2. The van der Waals surface area contributed by atoms with E-state index in [9.17, 15) is 110 Å². The van der Waals surface area contributed by atoms with Gasteiger partial charge in [-0.15, -0.1) is 0 Å². The molecule has 6 rings (SSSR count). The summed E-state index contributed by atoms with van der Waals surface area (Å²) in [5.74, 6) is 0.0361. The molecule has 0 N–H and O–H groups in total. The lowest BCUT2D eigenvalue weighted by molar-refractivity contribution is -0.690. The highest BCUT2D eigenvalue weighted by molar-refractivity contribution is 9.09. The van der Waals surface area contributed by atoms with E-state index >= 15 is 0 Å². The standard InChI is InChI=1S/C32H12BF24.C13H12BrN2O/c34-25(35,36)13-1-14(26(37,38)39)6-21(5-13)33(22-7-15(27(40,41)42)2-16(8-22)28(43,44)45,23-9-17(29(46,47)48)3-18(10-23)30(49,50)51)24-11-19(31(52,53)54)4-20(12-24)32(55,56)57;14-8-13(17)12-9-15-6-7-16(12)10-11-4-2-1-3-5-11/h1-12H;1-7,9H,8,10H2/q-1;+1. The largest absolute Gasteiger partial charge is 0.416 e. The van der Waals surface area contributed by atoms with Gasteiger partial charge in [0.15, 0.2) is 12.7 Å². The Hall–Kier alpha value is -6.29. The average Bonchev–Trinajstić information content (AvgIpc) is 3.27. The maximum atomic E-state index is 14.2. The summed E-state index contributed by atoms with van der Waals surface area (Å²) < 4.78 is 343. The number of nitrogens with zero attached hydrogens (tertiary/aromatic N) is 2. The molecule has 0 saturated carbocycles. The molecule has 74 heavy (non-hydrogen) atoms. The Balaban J connectivity index is 0.000000500. The molecule has 0 aliphatic heterocycles. The Labute approximate surface area is 407 Å². The number of hydrogen-bond acceptors (Lipinski definition) is 2. The summed E-state index contributed by atoms with van der Waals surface area (Å²) in [7, 11) is 0. The van der Waals surface area contributed by atoms with E-state index < -0.39 is 195 Å². The molecule has 398 valence electrons. The molecule has 0 atom stereocenters. The van der Waals surface area contributed by atoms with Crippen molar-refractivity contribution >= 4 is 49.7 Å². The molecule has 0 spiro atoms. The fourth-order valence-electron chi connectivity index (χ4n) is 7.68. The normalized spacial score (nSPS) is 13.4. The van der Waals surface area contributed by atoms with Gasteiger partial charge in [0.1, 0.15) is 12.3 Å². The fourth-order valence-corrected chi connectivity index (χ4v) is 7.96. The van der Waals surface area contributed by atoms with Crippen LogP contribution >= 0.6 is 15.9 Å². The van der Waals surface area contributed by atoms with Crippen LogP contribution < -0.4 is 26.4 Å². The lowest BCUT2D eigenvalue weighted by Crippen LogP contribution is -2.75. The van der Waals surface area contributed by atoms with Gasteiger partial charge in [0.25, 0.3) is 5.69 Å². The minimum absolute atomic E-state index is 0.0361. The van der Waals surface area contributed by atoms with E-state index in [-0.39, 0.29) is 5.78 Å². The Morgan fingerprint density at radius 3 is 0.905 bits per heavy atom. The molecular formula is C45H24BBrF24N2O. The van der Waals surface area contributed by atoms with Crippen molar-refractivity contribution in [1.29, 1.82) is 0 Å². The van der Waals surface area contributed by atoms with E-state index in [1.54, 1.807) is 12.4 Å². The van der Waals surface area contributed by atoms with Crippen molar-refractivity contribution in [3.8, 4) is 0 Å². The monoisotopic (exact) mass is 1150 g/mol. The van der Waals surface area contributed by atoms with Gasteiger partial charge in [0.2, 0.25) is 5.78 Å². The molecule has 0 aliphatic carbocycles. The number of Topliss-reactive ketones (excluding diaryl/α,β-unsaturated/α-hetero) is 1. The van der Waals surface area contributed by atoms with Crippen molar-refractivity contribution in [2.24, 2.45) is 0 Å². The first kappa shape index (κ1) is 58.6. The fraction of sp³-hybridized carbons (Fsp3) is 0.222. The predicted molar refractivity (Wildman–Crippen MR) is 218 cm³/mol. The molecule has 0 amide bonds. The first-order chi connectivity index (χ1) is 33.6. The number of halogens is 25. The number of hydrogen-bond donors (Lipinski definition) is 0. The molecule has 5 aromatic carbocycles. The summed E-state index contributed by atoms with van der Waals surface area (Å²) >= 11 is 3.18. The van der Waals surface area contributed by atoms with E-state index in [1.807, 2.05) is 41.1 Å². The summed E-state index contributed by atoms with van der Waals surface area (Å²) in [6.07, 6.45) is -49.7. The molecule has 0 radical (unpaired) electrons. The van der Waals surface area contributed by atoms with Crippen LogP contribution in [0.3, 0.4) is 0 Å².